The minimum absolute atomic E-state index is 0.0806. The van der Waals surface area contributed by atoms with Crippen molar-refractivity contribution in [3.63, 3.8) is 0 Å². The van der Waals surface area contributed by atoms with E-state index < -0.39 is 0 Å². The Morgan fingerprint density at radius 2 is 1.67 bits per heavy atom. The van der Waals surface area contributed by atoms with Crippen LogP contribution >= 0.6 is 0 Å². The highest BCUT2D eigenvalue weighted by Gasteiger charge is 2.04. The Morgan fingerprint density at radius 3 is 2.20 bits per heavy atom. The molecule has 0 saturated heterocycles. The maximum Gasteiger partial charge on any atom is 0.243 e. The van der Waals surface area contributed by atoms with E-state index in [0.29, 0.717) is 6.54 Å². The van der Waals surface area contributed by atoms with Gasteiger partial charge in [0.25, 0.3) is 0 Å². The van der Waals surface area contributed by atoms with Gasteiger partial charge in [0.05, 0.1) is 0 Å². The second kappa shape index (κ2) is 7.79. The Hall–Kier alpha value is -1.58. The summed E-state index contributed by atoms with van der Waals surface area (Å²) in [5.41, 5.74) is 0. The van der Waals surface area contributed by atoms with Crippen molar-refractivity contribution in [1.29, 1.82) is 0 Å². The third-order valence-electron chi connectivity index (χ3n) is 1.61. The number of amides is 2. The van der Waals surface area contributed by atoms with Crippen molar-refractivity contribution in [3.8, 4) is 0 Å². The van der Waals surface area contributed by atoms with E-state index in [9.17, 15) is 9.59 Å². The molecule has 2 amide bonds. The molecule has 0 aliphatic carbocycles. The van der Waals surface area contributed by atoms with Crippen LogP contribution in [0.3, 0.4) is 0 Å². The van der Waals surface area contributed by atoms with Crippen LogP contribution in [0, 0.1) is 0 Å². The topological polar surface area (TPSA) is 58.2 Å². The number of allylic oxidation sites excluding steroid dienone is 2. The van der Waals surface area contributed by atoms with Crippen LogP contribution in [0.4, 0.5) is 0 Å². The molecule has 15 heavy (non-hydrogen) atoms. The third kappa shape index (κ3) is 7.49. The monoisotopic (exact) mass is 210 g/mol. The van der Waals surface area contributed by atoms with Crippen LogP contribution in [0.1, 0.15) is 20.8 Å². The minimum Gasteiger partial charge on any atom is -0.351 e. The van der Waals surface area contributed by atoms with Crippen molar-refractivity contribution in [2.75, 3.05) is 6.54 Å². The maximum atomic E-state index is 11.1. The normalized spacial score (nSPS) is 13.0. The molecule has 1 atom stereocenters. The zero-order valence-electron chi connectivity index (χ0n) is 9.41. The molecule has 0 fully saturated rings. The van der Waals surface area contributed by atoms with E-state index in [1.165, 1.54) is 12.2 Å². The summed E-state index contributed by atoms with van der Waals surface area (Å²) in [6.45, 7) is 5.80. The number of rotatable bonds is 5. The van der Waals surface area contributed by atoms with Crippen LogP contribution in [0.15, 0.2) is 24.3 Å². The van der Waals surface area contributed by atoms with Gasteiger partial charge in [0.2, 0.25) is 11.8 Å². The molecule has 84 valence electrons. The molecule has 4 nitrogen and oxygen atoms in total. The minimum atomic E-state index is -0.148. The lowest BCUT2D eigenvalue weighted by molar-refractivity contribution is -0.118. The van der Waals surface area contributed by atoms with E-state index in [-0.39, 0.29) is 17.9 Å². The quantitative estimate of drug-likeness (QED) is 0.658. The van der Waals surface area contributed by atoms with Crippen molar-refractivity contribution in [2.45, 2.75) is 26.8 Å². The lowest BCUT2D eigenvalue weighted by atomic mass is 10.3. The summed E-state index contributed by atoms with van der Waals surface area (Å²) < 4.78 is 0. The second-order valence-corrected chi connectivity index (χ2v) is 3.15. The van der Waals surface area contributed by atoms with Crippen LogP contribution < -0.4 is 10.6 Å². The van der Waals surface area contributed by atoms with Gasteiger partial charge in [-0.1, -0.05) is 12.2 Å². The van der Waals surface area contributed by atoms with E-state index >= 15 is 0 Å². The molecule has 0 heterocycles. The fourth-order valence-corrected chi connectivity index (χ4v) is 0.957. The Labute approximate surface area is 90.4 Å². The van der Waals surface area contributed by atoms with Gasteiger partial charge in [-0.3, -0.25) is 9.59 Å². The number of hydrogen-bond acceptors (Lipinski definition) is 2. The molecule has 0 aliphatic rings. The molecule has 2 N–H and O–H groups in total. The van der Waals surface area contributed by atoms with E-state index in [2.05, 4.69) is 10.6 Å². The first kappa shape index (κ1) is 13.4. The van der Waals surface area contributed by atoms with Gasteiger partial charge in [0.1, 0.15) is 0 Å². The number of nitrogens with one attached hydrogen (secondary N) is 2. The highest BCUT2D eigenvalue weighted by atomic mass is 16.2. The number of carbonyl (C=O) groups excluding carboxylic acids is 2. The Kier molecular flexibility index (Phi) is 6.97. The average Bonchev–Trinajstić information content (AvgIpc) is 2.15. The molecule has 0 radical (unpaired) electrons. The van der Waals surface area contributed by atoms with Gasteiger partial charge < -0.3 is 10.6 Å². The molecule has 0 saturated carbocycles. The van der Waals surface area contributed by atoms with Gasteiger partial charge in [-0.05, 0) is 32.9 Å². The SMILES string of the molecule is CC=CC(=O)NCC(C)NC(=O)C=CC. The molecular formula is C11H18N2O2. The highest BCUT2D eigenvalue weighted by molar-refractivity contribution is 5.88. The van der Waals surface area contributed by atoms with E-state index in [1.807, 2.05) is 6.92 Å². The molecule has 0 bridgehead atoms. The average molecular weight is 210 g/mol. The zero-order valence-corrected chi connectivity index (χ0v) is 9.41. The van der Waals surface area contributed by atoms with E-state index in [1.54, 1.807) is 26.0 Å². The van der Waals surface area contributed by atoms with E-state index in [4.69, 9.17) is 0 Å². The standard InChI is InChI=1S/C11H18N2O2/c1-4-6-10(14)12-8-9(3)13-11(15)7-5-2/h4-7,9H,8H2,1-3H3,(H,12,14)(H,13,15). The summed E-state index contributed by atoms with van der Waals surface area (Å²) in [6.07, 6.45) is 6.23. The molecule has 0 aromatic heterocycles. The van der Waals surface area contributed by atoms with Gasteiger partial charge in [-0.15, -0.1) is 0 Å². The van der Waals surface area contributed by atoms with Crippen LogP contribution in [0.25, 0.3) is 0 Å². The molecule has 0 spiro atoms. The van der Waals surface area contributed by atoms with Crippen molar-refractivity contribution in [1.82, 2.24) is 10.6 Å². The van der Waals surface area contributed by atoms with Gasteiger partial charge in [0.15, 0.2) is 0 Å². The third-order valence-corrected chi connectivity index (χ3v) is 1.61. The molecular weight excluding hydrogens is 192 g/mol. The molecule has 1 unspecified atom stereocenters. The first-order chi connectivity index (χ1) is 7.10. The fourth-order valence-electron chi connectivity index (χ4n) is 0.957. The van der Waals surface area contributed by atoms with Gasteiger partial charge in [0, 0.05) is 12.6 Å². The first-order valence-corrected chi connectivity index (χ1v) is 4.93. The number of hydrogen-bond donors (Lipinski definition) is 2. The van der Waals surface area contributed by atoms with Crippen molar-refractivity contribution in [3.05, 3.63) is 24.3 Å². The lowest BCUT2D eigenvalue weighted by Gasteiger charge is -2.12. The smallest absolute Gasteiger partial charge is 0.243 e. The van der Waals surface area contributed by atoms with E-state index in [0.717, 1.165) is 0 Å². The molecule has 4 heteroatoms. The van der Waals surface area contributed by atoms with Crippen LogP contribution in [-0.2, 0) is 9.59 Å². The van der Waals surface area contributed by atoms with Crippen molar-refractivity contribution >= 4 is 11.8 Å². The van der Waals surface area contributed by atoms with Gasteiger partial charge in [-0.2, -0.15) is 0 Å². The molecule has 0 aromatic rings. The largest absolute Gasteiger partial charge is 0.351 e. The summed E-state index contributed by atoms with van der Waals surface area (Å²) in [5, 5.41) is 5.38. The maximum absolute atomic E-state index is 11.1. The summed E-state index contributed by atoms with van der Waals surface area (Å²) in [7, 11) is 0. The fraction of sp³-hybridized carbons (Fsp3) is 0.455. The predicted molar refractivity (Wildman–Crippen MR) is 60.2 cm³/mol. The lowest BCUT2D eigenvalue weighted by Crippen LogP contribution is -2.40. The summed E-state index contributed by atoms with van der Waals surface area (Å²) >= 11 is 0. The Bertz CT molecular complexity index is 270. The second-order valence-electron chi connectivity index (χ2n) is 3.15. The summed E-state index contributed by atoms with van der Waals surface area (Å²) in [4.78, 5) is 22.1. The van der Waals surface area contributed by atoms with Crippen LogP contribution in [0.5, 0.6) is 0 Å². The van der Waals surface area contributed by atoms with Gasteiger partial charge >= 0.3 is 0 Å². The highest BCUT2D eigenvalue weighted by Crippen LogP contribution is 1.82. The van der Waals surface area contributed by atoms with Crippen LogP contribution in [0.2, 0.25) is 0 Å². The van der Waals surface area contributed by atoms with Crippen molar-refractivity contribution in [2.24, 2.45) is 0 Å². The van der Waals surface area contributed by atoms with Crippen molar-refractivity contribution < 1.29 is 9.59 Å². The van der Waals surface area contributed by atoms with Gasteiger partial charge in [-0.25, -0.2) is 0 Å². The summed E-state index contributed by atoms with van der Waals surface area (Å²) in [6, 6.07) is -0.0806. The molecule has 0 aromatic carbocycles. The predicted octanol–water partition coefficient (Wildman–Crippen LogP) is 0.760. The summed E-state index contributed by atoms with van der Waals surface area (Å²) in [5.74, 6) is -0.296. The van der Waals surface area contributed by atoms with Crippen LogP contribution in [-0.4, -0.2) is 24.4 Å². The molecule has 0 aliphatic heterocycles. The zero-order chi connectivity index (χ0) is 11.7. The Morgan fingerprint density at radius 1 is 1.13 bits per heavy atom. The molecule has 0 rings (SSSR count). The first-order valence-electron chi connectivity index (χ1n) is 4.93. The number of carbonyl (C=O) groups is 2. The Balaban J connectivity index is 3.79.